The normalized spacial score (nSPS) is 18.3. The lowest BCUT2D eigenvalue weighted by Gasteiger charge is -2.22. The second-order valence-corrected chi connectivity index (χ2v) is 4.94. The summed E-state index contributed by atoms with van der Waals surface area (Å²) in [7, 11) is 0. The summed E-state index contributed by atoms with van der Waals surface area (Å²) in [5.41, 5.74) is 3.13. The third-order valence-electron chi connectivity index (χ3n) is 3.36. The highest BCUT2D eigenvalue weighted by Crippen LogP contribution is 2.21. The highest BCUT2D eigenvalue weighted by Gasteiger charge is 2.20. The molecule has 0 aromatic heterocycles. The number of allylic oxidation sites excluding steroid dienone is 2. The molecule has 4 heteroatoms. The van der Waals surface area contributed by atoms with E-state index in [0.29, 0.717) is 12.4 Å². The fourth-order valence-corrected chi connectivity index (χ4v) is 2.35. The molecule has 0 N–H and O–H groups in total. The van der Waals surface area contributed by atoms with Crippen molar-refractivity contribution in [2.24, 2.45) is 9.98 Å². The number of hydrogen-bond acceptors (Lipinski definition) is 2. The minimum atomic E-state index is -0.385. The highest BCUT2D eigenvalue weighted by molar-refractivity contribution is 6.15. The maximum absolute atomic E-state index is 11.6. The average Bonchev–Trinajstić information content (AvgIpc) is 2.63. The summed E-state index contributed by atoms with van der Waals surface area (Å²) in [6.07, 6.45) is 7.18. The first-order valence-corrected chi connectivity index (χ1v) is 6.72. The first-order chi connectivity index (χ1) is 10.2. The van der Waals surface area contributed by atoms with Crippen LogP contribution in [0.25, 0.3) is 0 Å². The van der Waals surface area contributed by atoms with Crippen LogP contribution >= 0.6 is 0 Å². The van der Waals surface area contributed by atoms with Crippen molar-refractivity contribution in [2.45, 2.75) is 13.5 Å². The molecule has 1 aromatic carbocycles. The van der Waals surface area contributed by atoms with Gasteiger partial charge in [-0.2, -0.15) is 4.99 Å². The number of carbonyl (C=O) groups excluding carboxylic acids is 1. The lowest BCUT2D eigenvalue weighted by Crippen LogP contribution is -2.25. The van der Waals surface area contributed by atoms with Gasteiger partial charge < -0.3 is 4.90 Å². The molecular weight excluding hydrogens is 262 g/mol. The summed E-state index contributed by atoms with van der Waals surface area (Å²) in [4.78, 5) is 22.3. The molecule has 0 saturated carbocycles. The van der Waals surface area contributed by atoms with Crippen LogP contribution in [-0.4, -0.2) is 22.5 Å². The van der Waals surface area contributed by atoms with Crippen molar-refractivity contribution in [3.63, 3.8) is 0 Å². The maximum atomic E-state index is 11.6. The lowest BCUT2D eigenvalue weighted by atomic mass is 10.1. The Labute approximate surface area is 123 Å². The van der Waals surface area contributed by atoms with Crippen LogP contribution in [0, 0.1) is 0 Å². The van der Waals surface area contributed by atoms with E-state index in [0.717, 1.165) is 22.5 Å². The molecule has 0 saturated heterocycles. The summed E-state index contributed by atoms with van der Waals surface area (Å²) in [5.74, 6) is 0.835. The van der Waals surface area contributed by atoms with Crippen molar-refractivity contribution < 1.29 is 4.79 Å². The van der Waals surface area contributed by atoms with Crippen LogP contribution in [0.1, 0.15) is 18.1 Å². The topological polar surface area (TPSA) is 45.0 Å². The SMILES string of the molecule is C=CC(=O)/N=C1/N=C2C=CC(C)=CN2Cc2ccccc21. The number of rotatable bonds is 1. The fourth-order valence-electron chi connectivity index (χ4n) is 2.35. The number of benzene rings is 1. The average molecular weight is 277 g/mol. The molecule has 1 aromatic rings. The van der Waals surface area contributed by atoms with Crippen LogP contribution in [0.3, 0.4) is 0 Å². The molecule has 4 nitrogen and oxygen atoms in total. The predicted molar refractivity (Wildman–Crippen MR) is 84.1 cm³/mol. The molecular formula is C17H15N3O. The number of fused-ring (bicyclic) bond motifs is 2. The Balaban J connectivity index is 2.16. The molecule has 0 aliphatic carbocycles. The Morgan fingerprint density at radius 1 is 1.38 bits per heavy atom. The van der Waals surface area contributed by atoms with Crippen LogP contribution in [0.15, 0.2) is 70.8 Å². The van der Waals surface area contributed by atoms with Crippen LogP contribution in [0.4, 0.5) is 0 Å². The number of carbonyl (C=O) groups is 1. The molecule has 0 fully saturated rings. The summed E-state index contributed by atoms with van der Waals surface area (Å²) in [6.45, 7) is 6.21. The molecule has 0 atom stereocenters. The standard InChI is InChI=1S/C17H15N3O/c1-3-16(21)19-17-14-7-5-4-6-13(14)11-20-10-12(2)8-9-15(20)18-17/h3-10H,1,11H2,2H3/b19-17+. The summed E-state index contributed by atoms with van der Waals surface area (Å²) in [5, 5.41) is 0. The van der Waals surface area contributed by atoms with Crippen LogP contribution in [0.2, 0.25) is 0 Å². The predicted octanol–water partition coefficient (Wildman–Crippen LogP) is 2.83. The van der Waals surface area contributed by atoms with Gasteiger partial charge in [-0.3, -0.25) is 4.79 Å². The molecule has 21 heavy (non-hydrogen) atoms. The second kappa shape index (κ2) is 5.32. The Morgan fingerprint density at radius 3 is 3.00 bits per heavy atom. The number of amidine groups is 2. The largest absolute Gasteiger partial charge is 0.328 e. The highest BCUT2D eigenvalue weighted by atomic mass is 16.1. The molecule has 104 valence electrons. The van der Waals surface area contributed by atoms with Crippen molar-refractivity contribution in [1.82, 2.24) is 4.90 Å². The van der Waals surface area contributed by atoms with Gasteiger partial charge in [0.2, 0.25) is 0 Å². The van der Waals surface area contributed by atoms with E-state index in [-0.39, 0.29) is 5.91 Å². The number of amides is 1. The van der Waals surface area contributed by atoms with E-state index in [1.165, 1.54) is 6.08 Å². The van der Waals surface area contributed by atoms with Gasteiger partial charge >= 0.3 is 0 Å². The van der Waals surface area contributed by atoms with Crippen molar-refractivity contribution in [3.05, 3.63) is 72.0 Å². The minimum Gasteiger partial charge on any atom is -0.328 e. The van der Waals surface area contributed by atoms with E-state index in [2.05, 4.69) is 21.5 Å². The molecule has 0 spiro atoms. The first-order valence-electron chi connectivity index (χ1n) is 6.72. The van der Waals surface area contributed by atoms with Crippen molar-refractivity contribution in [3.8, 4) is 0 Å². The van der Waals surface area contributed by atoms with E-state index < -0.39 is 0 Å². The number of aliphatic imine (C=N–C) groups is 2. The monoisotopic (exact) mass is 277 g/mol. The molecule has 0 unspecified atom stereocenters. The lowest BCUT2D eigenvalue weighted by molar-refractivity contribution is -0.113. The molecule has 2 aliphatic rings. The first kappa shape index (κ1) is 13.2. The Morgan fingerprint density at radius 2 is 2.19 bits per heavy atom. The van der Waals surface area contributed by atoms with Crippen LogP contribution in [-0.2, 0) is 11.3 Å². The zero-order chi connectivity index (χ0) is 14.8. The Hall–Kier alpha value is -2.75. The van der Waals surface area contributed by atoms with Gasteiger partial charge in [0.1, 0.15) is 5.84 Å². The molecule has 1 amide bonds. The van der Waals surface area contributed by atoms with Gasteiger partial charge in [0.15, 0.2) is 5.84 Å². The maximum Gasteiger partial charge on any atom is 0.271 e. The Kier molecular flexibility index (Phi) is 3.36. The molecule has 3 rings (SSSR count). The second-order valence-electron chi connectivity index (χ2n) is 4.94. The molecule has 0 bridgehead atoms. The van der Waals surface area contributed by atoms with E-state index in [4.69, 9.17) is 0 Å². The quantitative estimate of drug-likeness (QED) is 0.741. The van der Waals surface area contributed by atoms with Crippen molar-refractivity contribution >= 4 is 17.6 Å². The van der Waals surface area contributed by atoms with Crippen LogP contribution < -0.4 is 0 Å². The van der Waals surface area contributed by atoms with Gasteiger partial charge in [-0.05, 0) is 30.2 Å². The van der Waals surface area contributed by atoms with Crippen molar-refractivity contribution in [2.75, 3.05) is 0 Å². The number of hydrogen-bond donors (Lipinski definition) is 0. The fraction of sp³-hybridized carbons (Fsp3) is 0.118. The molecule has 2 heterocycles. The van der Waals surface area contributed by atoms with E-state index in [1.807, 2.05) is 49.5 Å². The zero-order valence-corrected chi connectivity index (χ0v) is 11.8. The van der Waals surface area contributed by atoms with Gasteiger partial charge in [0, 0.05) is 18.3 Å². The summed E-state index contributed by atoms with van der Waals surface area (Å²) < 4.78 is 0. The Bertz CT molecular complexity index is 738. The smallest absolute Gasteiger partial charge is 0.271 e. The molecule has 2 aliphatic heterocycles. The number of nitrogens with zero attached hydrogens (tertiary/aromatic N) is 3. The molecule has 0 radical (unpaired) electrons. The van der Waals surface area contributed by atoms with E-state index in [9.17, 15) is 4.79 Å². The van der Waals surface area contributed by atoms with Crippen LogP contribution in [0.5, 0.6) is 0 Å². The van der Waals surface area contributed by atoms with Gasteiger partial charge in [0.05, 0.1) is 0 Å². The summed E-state index contributed by atoms with van der Waals surface area (Å²) in [6, 6.07) is 7.87. The van der Waals surface area contributed by atoms with Gasteiger partial charge in [-0.1, -0.05) is 36.9 Å². The third kappa shape index (κ3) is 2.60. The third-order valence-corrected chi connectivity index (χ3v) is 3.36. The van der Waals surface area contributed by atoms with Gasteiger partial charge in [-0.25, -0.2) is 4.99 Å². The van der Waals surface area contributed by atoms with Gasteiger partial charge in [0.25, 0.3) is 5.91 Å². The van der Waals surface area contributed by atoms with Gasteiger partial charge in [-0.15, -0.1) is 0 Å². The minimum absolute atomic E-state index is 0.385. The van der Waals surface area contributed by atoms with E-state index in [1.54, 1.807) is 0 Å². The summed E-state index contributed by atoms with van der Waals surface area (Å²) >= 11 is 0. The van der Waals surface area contributed by atoms with Crippen molar-refractivity contribution in [1.29, 1.82) is 0 Å². The van der Waals surface area contributed by atoms with E-state index >= 15 is 0 Å². The zero-order valence-electron chi connectivity index (χ0n) is 11.8.